The second kappa shape index (κ2) is 5.38. The van der Waals surface area contributed by atoms with E-state index in [0.717, 1.165) is 0 Å². The second-order valence-corrected chi connectivity index (χ2v) is 3.94. The van der Waals surface area contributed by atoms with Crippen LogP contribution in [0.25, 0.3) is 0 Å². The molecule has 0 aliphatic carbocycles. The van der Waals surface area contributed by atoms with Crippen LogP contribution in [-0.4, -0.2) is 16.1 Å². The van der Waals surface area contributed by atoms with Gasteiger partial charge in [0, 0.05) is 12.3 Å². The third-order valence-corrected chi connectivity index (χ3v) is 2.58. The van der Waals surface area contributed by atoms with Crippen LogP contribution in [0, 0.1) is 11.3 Å². The van der Waals surface area contributed by atoms with Crippen LogP contribution in [0.4, 0.5) is 0 Å². The number of ether oxygens (including phenoxy) is 1. The number of pyridine rings is 1. The zero-order valence-corrected chi connectivity index (χ0v) is 10.3. The van der Waals surface area contributed by atoms with E-state index in [1.165, 1.54) is 24.4 Å². The molecule has 0 amide bonds. The molecule has 0 aliphatic rings. The molecule has 0 radical (unpaired) electrons. The van der Waals surface area contributed by atoms with E-state index in [4.69, 9.17) is 26.7 Å². The molecule has 0 fully saturated rings. The topological polar surface area (TPSA) is 83.2 Å². The predicted molar refractivity (Wildman–Crippen MR) is 67.4 cm³/mol. The van der Waals surface area contributed by atoms with Gasteiger partial charge in [0.25, 0.3) is 0 Å². The van der Waals surface area contributed by atoms with Crippen LogP contribution in [0.3, 0.4) is 0 Å². The van der Waals surface area contributed by atoms with Gasteiger partial charge in [-0.2, -0.15) is 5.26 Å². The minimum absolute atomic E-state index is 0.0475. The molecule has 0 aliphatic heterocycles. The van der Waals surface area contributed by atoms with Crippen molar-refractivity contribution in [3.63, 3.8) is 0 Å². The van der Waals surface area contributed by atoms with Crippen LogP contribution < -0.4 is 4.74 Å². The number of halogens is 1. The molecule has 2 rings (SSSR count). The lowest BCUT2D eigenvalue weighted by Gasteiger charge is -2.07. The second-order valence-electron chi connectivity index (χ2n) is 3.54. The van der Waals surface area contributed by atoms with Gasteiger partial charge in [-0.05, 0) is 24.3 Å². The third-order valence-electron chi connectivity index (χ3n) is 2.25. The van der Waals surface area contributed by atoms with Crippen LogP contribution in [0.15, 0.2) is 36.5 Å². The van der Waals surface area contributed by atoms with E-state index < -0.39 is 5.97 Å². The van der Waals surface area contributed by atoms with Gasteiger partial charge in [0.1, 0.15) is 23.3 Å². The molecule has 0 bridgehead atoms. The molecular weight excluding hydrogens is 268 g/mol. The van der Waals surface area contributed by atoms with Crippen molar-refractivity contribution in [1.82, 2.24) is 4.98 Å². The van der Waals surface area contributed by atoms with Gasteiger partial charge in [-0.25, -0.2) is 9.78 Å². The monoisotopic (exact) mass is 274 g/mol. The molecule has 0 saturated heterocycles. The van der Waals surface area contributed by atoms with Gasteiger partial charge in [0.2, 0.25) is 0 Å². The number of aromatic carboxylic acids is 1. The number of hydrogen-bond acceptors (Lipinski definition) is 4. The van der Waals surface area contributed by atoms with E-state index in [0.29, 0.717) is 11.5 Å². The fraction of sp³-hybridized carbons (Fsp3) is 0. The number of benzene rings is 1. The van der Waals surface area contributed by atoms with Gasteiger partial charge in [0.15, 0.2) is 0 Å². The lowest BCUT2D eigenvalue weighted by Crippen LogP contribution is -1.98. The lowest BCUT2D eigenvalue weighted by atomic mass is 10.2. The van der Waals surface area contributed by atoms with Crippen LogP contribution in [0.2, 0.25) is 5.02 Å². The number of aromatic nitrogens is 1. The molecule has 94 valence electrons. The van der Waals surface area contributed by atoms with Crippen LogP contribution in [-0.2, 0) is 0 Å². The third kappa shape index (κ3) is 3.00. The maximum Gasteiger partial charge on any atom is 0.337 e. The van der Waals surface area contributed by atoms with Crippen molar-refractivity contribution in [1.29, 1.82) is 5.26 Å². The van der Waals surface area contributed by atoms with Crippen LogP contribution >= 0.6 is 11.6 Å². The molecule has 5 nitrogen and oxygen atoms in total. The fourth-order valence-corrected chi connectivity index (χ4v) is 1.60. The summed E-state index contributed by atoms with van der Waals surface area (Å²) in [7, 11) is 0. The molecular formula is C13H7ClN2O3. The molecule has 0 saturated carbocycles. The number of carbonyl (C=O) groups is 1. The van der Waals surface area contributed by atoms with E-state index in [2.05, 4.69) is 4.98 Å². The van der Waals surface area contributed by atoms with Gasteiger partial charge < -0.3 is 9.84 Å². The van der Waals surface area contributed by atoms with Crippen molar-refractivity contribution < 1.29 is 14.6 Å². The predicted octanol–water partition coefficient (Wildman–Crippen LogP) is 3.10. The molecule has 0 atom stereocenters. The summed E-state index contributed by atoms with van der Waals surface area (Å²) >= 11 is 5.75. The van der Waals surface area contributed by atoms with Gasteiger partial charge in [-0.1, -0.05) is 11.6 Å². The Labute approximate surface area is 113 Å². The van der Waals surface area contributed by atoms with Gasteiger partial charge in [-0.3, -0.25) is 0 Å². The van der Waals surface area contributed by atoms with E-state index in [-0.39, 0.29) is 16.3 Å². The number of carboxylic acid groups (broad SMARTS) is 1. The summed E-state index contributed by atoms with van der Waals surface area (Å²) in [5.74, 6) is -0.426. The smallest absolute Gasteiger partial charge is 0.337 e. The van der Waals surface area contributed by atoms with E-state index in [1.807, 2.05) is 6.07 Å². The summed E-state index contributed by atoms with van der Waals surface area (Å²) in [6.07, 6.45) is 1.43. The van der Waals surface area contributed by atoms with E-state index in [1.54, 1.807) is 12.1 Å². The molecule has 1 aromatic carbocycles. The van der Waals surface area contributed by atoms with Crippen molar-refractivity contribution in [2.45, 2.75) is 0 Å². The van der Waals surface area contributed by atoms with Crippen molar-refractivity contribution in [2.24, 2.45) is 0 Å². The van der Waals surface area contributed by atoms with Crippen molar-refractivity contribution in [2.75, 3.05) is 0 Å². The summed E-state index contributed by atoms with van der Waals surface area (Å²) in [5, 5.41) is 17.8. The first-order valence-electron chi connectivity index (χ1n) is 5.17. The number of hydrogen-bond donors (Lipinski definition) is 1. The van der Waals surface area contributed by atoms with E-state index in [9.17, 15) is 4.79 Å². The average Bonchev–Trinajstić information content (AvgIpc) is 2.41. The first-order valence-corrected chi connectivity index (χ1v) is 5.55. The molecule has 1 N–H and O–H groups in total. The van der Waals surface area contributed by atoms with Crippen molar-refractivity contribution >= 4 is 17.6 Å². The Morgan fingerprint density at radius 2 is 2.05 bits per heavy atom. The Morgan fingerprint density at radius 1 is 1.32 bits per heavy atom. The zero-order chi connectivity index (χ0) is 13.8. The minimum atomic E-state index is -1.14. The SMILES string of the molecule is N#Cc1cc(Oc2ccc(Cl)c(C(=O)O)c2)ccn1. The average molecular weight is 275 g/mol. The minimum Gasteiger partial charge on any atom is -0.478 e. The summed E-state index contributed by atoms with van der Waals surface area (Å²) < 4.78 is 5.45. The normalized spacial score (nSPS) is 9.68. The summed E-state index contributed by atoms with van der Waals surface area (Å²) in [4.78, 5) is 14.7. The Bertz CT molecular complexity index is 680. The Kier molecular flexibility index (Phi) is 3.64. The highest BCUT2D eigenvalue weighted by Crippen LogP contribution is 2.26. The molecule has 1 heterocycles. The molecule has 2 aromatic rings. The van der Waals surface area contributed by atoms with Crippen LogP contribution in [0.1, 0.15) is 16.1 Å². The molecule has 19 heavy (non-hydrogen) atoms. The van der Waals surface area contributed by atoms with Gasteiger partial charge in [-0.15, -0.1) is 0 Å². The number of carboxylic acids is 1. The van der Waals surface area contributed by atoms with Crippen molar-refractivity contribution in [3.8, 4) is 17.6 Å². The molecule has 0 unspecified atom stereocenters. The molecule has 0 spiro atoms. The summed E-state index contributed by atoms with van der Waals surface area (Å²) in [6.45, 7) is 0. The zero-order valence-electron chi connectivity index (χ0n) is 9.50. The fourth-order valence-electron chi connectivity index (χ4n) is 1.40. The number of nitriles is 1. The summed E-state index contributed by atoms with van der Waals surface area (Å²) in [6, 6.07) is 9.20. The quantitative estimate of drug-likeness (QED) is 0.930. The standard InChI is InChI=1S/C13H7ClN2O3/c14-12-2-1-9(6-11(12)13(17)18)19-10-3-4-16-8(5-10)7-15/h1-6H,(H,17,18). The Balaban J connectivity index is 2.31. The number of rotatable bonds is 3. The van der Waals surface area contributed by atoms with Gasteiger partial charge in [0.05, 0.1) is 10.6 Å². The van der Waals surface area contributed by atoms with Gasteiger partial charge >= 0.3 is 5.97 Å². The van der Waals surface area contributed by atoms with E-state index >= 15 is 0 Å². The highest BCUT2D eigenvalue weighted by molar-refractivity contribution is 6.33. The molecule has 6 heteroatoms. The Hall–Kier alpha value is -2.58. The maximum atomic E-state index is 10.9. The highest BCUT2D eigenvalue weighted by Gasteiger charge is 2.10. The summed E-state index contributed by atoms with van der Waals surface area (Å²) in [5.41, 5.74) is 0.165. The largest absolute Gasteiger partial charge is 0.478 e. The van der Waals surface area contributed by atoms with Crippen LogP contribution in [0.5, 0.6) is 11.5 Å². The first kappa shape index (κ1) is 12.9. The molecule has 1 aromatic heterocycles. The highest BCUT2D eigenvalue weighted by atomic mass is 35.5. The first-order chi connectivity index (χ1) is 9.10. The maximum absolute atomic E-state index is 10.9. The lowest BCUT2D eigenvalue weighted by molar-refractivity contribution is 0.0696. The Morgan fingerprint density at radius 3 is 2.74 bits per heavy atom. The number of nitrogens with zero attached hydrogens (tertiary/aromatic N) is 2. The van der Waals surface area contributed by atoms with Crippen molar-refractivity contribution in [3.05, 3.63) is 52.8 Å².